The smallest absolute Gasteiger partial charge is 0.260 e. The van der Waals surface area contributed by atoms with Crippen LogP contribution in [0, 0.1) is 0 Å². The molecule has 7 nitrogen and oxygen atoms in total. The Kier molecular flexibility index (Phi) is 7.38. The van der Waals surface area contributed by atoms with Crippen molar-refractivity contribution in [1.82, 2.24) is 4.57 Å². The number of fused-ring (bicyclic) bond motifs is 1. The number of hydrogen-bond donors (Lipinski definition) is 1. The molecule has 1 aromatic heterocycles. The highest BCUT2D eigenvalue weighted by Crippen LogP contribution is 2.26. The van der Waals surface area contributed by atoms with Crippen LogP contribution in [0.2, 0.25) is 0 Å². The Morgan fingerprint density at radius 2 is 1.65 bits per heavy atom. The molecule has 9 heteroatoms. The molecule has 0 aliphatic rings. The molecular weight excluding hydrogens is 470 g/mol. The van der Waals surface area contributed by atoms with Crippen molar-refractivity contribution in [3.8, 4) is 0 Å². The number of nitrogens with zero attached hydrogens (tertiary/aromatic N) is 2. The van der Waals surface area contributed by atoms with Gasteiger partial charge in [-0.1, -0.05) is 72.0 Å². The number of rotatable bonds is 8. The first kappa shape index (κ1) is 24.0. The summed E-state index contributed by atoms with van der Waals surface area (Å²) in [5, 5.41) is 5.31. The van der Waals surface area contributed by atoms with Crippen molar-refractivity contribution in [2.75, 3.05) is 13.2 Å². The minimum atomic E-state index is -3.85. The van der Waals surface area contributed by atoms with Crippen molar-refractivity contribution in [2.45, 2.75) is 24.3 Å². The highest BCUT2D eigenvalue weighted by atomic mass is 32.2. The lowest BCUT2D eigenvalue weighted by atomic mass is 9.91. The maximum Gasteiger partial charge on any atom is 0.260 e. The fourth-order valence-electron chi connectivity index (χ4n) is 3.76. The molecule has 0 aliphatic heterocycles. The molecule has 0 bridgehead atoms. The number of carbonyl (C=O) groups excluding carboxylic acids is 1. The number of thiazole rings is 1. The Balaban J connectivity index is 1.85. The van der Waals surface area contributed by atoms with E-state index in [0.29, 0.717) is 29.3 Å². The average Bonchev–Trinajstić information content (AvgIpc) is 3.16. The van der Waals surface area contributed by atoms with Crippen molar-refractivity contribution in [1.29, 1.82) is 0 Å². The summed E-state index contributed by atoms with van der Waals surface area (Å²) in [6.07, 6.45) is 0. The molecule has 1 amide bonds. The Morgan fingerprint density at radius 1 is 1.03 bits per heavy atom. The van der Waals surface area contributed by atoms with E-state index in [2.05, 4.69) is 4.99 Å². The Bertz CT molecular complexity index is 1420. The van der Waals surface area contributed by atoms with Crippen LogP contribution in [0.5, 0.6) is 0 Å². The van der Waals surface area contributed by atoms with Crippen molar-refractivity contribution >= 4 is 37.5 Å². The Morgan fingerprint density at radius 3 is 2.21 bits per heavy atom. The third kappa shape index (κ3) is 5.34. The summed E-state index contributed by atoms with van der Waals surface area (Å²) in [7, 11) is -3.85. The number of benzene rings is 3. The first-order chi connectivity index (χ1) is 16.4. The lowest BCUT2D eigenvalue weighted by molar-refractivity contribution is -0.118. The van der Waals surface area contributed by atoms with Gasteiger partial charge in [-0.05, 0) is 36.2 Å². The van der Waals surface area contributed by atoms with E-state index < -0.39 is 15.9 Å². The molecule has 2 N–H and O–H groups in total. The summed E-state index contributed by atoms with van der Waals surface area (Å²) in [6, 6.07) is 23.7. The second-order valence-electron chi connectivity index (χ2n) is 7.61. The normalized spacial score (nSPS) is 12.5. The Hall–Kier alpha value is -3.11. The zero-order valence-electron chi connectivity index (χ0n) is 18.6. The molecule has 0 spiro atoms. The number of primary sulfonamides is 1. The topological polar surface area (TPSA) is 104 Å². The van der Waals surface area contributed by atoms with Gasteiger partial charge in [0, 0.05) is 13.2 Å². The molecule has 3 aromatic carbocycles. The molecular formula is C25H25N3O4S2. The molecule has 0 saturated heterocycles. The summed E-state index contributed by atoms with van der Waals surface area (Å²) < 4.78 is 31.8. The number of carbonyl (C=O) groups is 1. The summed E-state index contributed by atoms with van der Waals surface area (Å²) in [5.41, 5.74) is 2.46. The average molecular weight is 496 g/mol. The standard InChI is InChI=1S/C25H25N3O4S2/c1-2-32-16-15-28-21-14-13-20(34(26,30)31)17-22(21)33-25(28)27-24(29)23(18-9-5-3-6-10-18)19-11-7-4-8-12-19/h3-14,17,23H,2,15-16H2,1H3,(H2,26,30,31). The molecule has 0 aliphatic carbocycles. The fourth-order valence-corrected chi connectivity index (χ4v) is 5.47. The third-order valence-corrected chi connectivity index (χ3v) is 7.32. The van der Waals surface area contributed by atoms with Gasteiger partial charge < -0.3 is 9.30 Å². The highest BCUT2D eigenvalue weighted by molar-refractivity contribution is 7.89. The van der Waals surface area contributed by atoms with Gasteiger partial charge in [0.25, 0.3) is 5.91 Å². The van der Waals surface area contributed by atoms with Crippen molar-refractivity contribution in [3.05, 3.63) is 94.8 Å². The maximum atomic E-state index is 13.6. The van der Waals surface area contributed by atoms with E-state index in [1.54, 1.807) is 6.07 Å². The second-order valence-corrected chi connectivity index (χ2v) is 10.2. The zero-order chi connectivity index (χ0) is 24.1. The predicted molar refractivity (Wildman–Crippen MR) is 133 cm³/mol. The van der Waals surface area contributed by atoms with Crippen LogP contribution in [0.1, 0.15) is 24.0 Å². The van der Waals surface area contributed by atoms with Crippen LogP contribution < -0.4 is 9.94 Å². The van der Waals surface area contributed by atoms with E-state index in [1.165, 1.54) is 23.5 Å². The molecule has 0 radical (unpaired) electrons. The van der Waals surface area contributed by atoms with Crippen LogP contribution in [0.15, 0.2) is 88.8 Å². The van der Waals surface area contributed by atoms with Crippen LogP contribution in [0.3, 0.4) is 0 Å². The van der Waals surface area contributed by atoms with Crippen LogP contribution in [0.4, 0.5) is 0 Å². The SMILES string of the molecule is CCOCCn1c(=NC(=O)C(c2ccccc2)c2ccccc2)sc2cc(S(N)(=O)=O)ccc21. The summed E-state index contributed by atoms with van der Waals surface area (Å²) in [6.45, 7) is 3.37. The maximum absolute atomic E-state index is 13.6. The molecule has 1 heterocycles. The van der Waals surface area contributed by atoms with Gasteiger partial charge in [0.05, 0.1) is 27.6 Å². The number of amides is 1. The monoisotopic (exact) mass is 495 g/mol. The van der Waals surface area contributed by atoms with Gasteiger partial charge in [-0.2, -0.15) is 4.99 Å². The van der Waals surface area contributed by atoms with Gasteiger partial charge >= 0.3 is 0 Å². The van der Waals surface area contributed by atoms with Crippen molar-refractivity contribution < 1.29 is 17.9 Å². The van der Waals surface area contributed by atoms with Gasteiger partial charge in [0.15, 0.2) is 4.80 Å². The third-order valence-electron chi connectivity index (χ3n) is 5.36. The molecule has 34 heavy (non-hydrogen) atoms. The first-order valence-electron chi connectivity index (χ1n) is 10.8. The highest BCUT2D eigenvalue weighted by Gasteiger charge is 2.23. The van der Waals surface area contributed by atoms with Gasteiger partial charge in [-0.15, -0.1) is 0 Å². The predicted octanol–water partition coefficient (Wildman–Crippen LogP) is 3.65. The minimum absolute atomic E-state index is 0.0162. The fraction of sp³-hybridized carbons (Fsp3) is 0.200. The number of aromatic nitrogens is 1. The molecule has 0 atom stereocenters. The van der Waals surface area contributed by atoms with Crippen molar-refractivity contribution in [2.24, 2.45) is 10.1 Å². The summed E-state index contributed by atoms with van der Waals surface area (Å²) in [4.78, 5) is 18.6. The molecule has 0 fully saturated rings. The van der Waals surface area contributed by atoms with Crippen LogP contribution in [-0.2, 0) is 26.1 Å². The summed E-state index contributed by atoms with van der Waals surface area (Å²) in [5.74, 6) is -0.867. The van der Waals surface area contributed by atoms with E-state index >= 15 is 0 Å². The van der Waals surface area contributed by atoms with Gasteiger partial charge in [0.1, 0.15) is 0 Å². The van der Waals surface area contributed by atoms with E-state index in [9.17, 15) is 13.2 Å². The second kappa shape index (κ2) is 10.4. The molecule has 4 aromatic rings. The van der Waals surface area contributed by atoms with E-state index in [4.69, 9.17) is 9.88 Å². The lowest BCUT2D eigenvalue weighted by Gasteiger charge is -2.14. The largest absolute Gasteiger partial charge is 0.380 e. The van der Waals surface area contributed by atoms with E-state index in [0.717, 1.165) is 16.6 Å². The van der Waals surface area contributed by atoms with E-state index in [-0.39, 0.29) is 10.8 Å². The first-order valence-corrected chi connectivity index (χ1v) is 13.2. The quantitative estimate of drug-likeness (QED) is 0.377. The number of hydrogen-bond acceptors (Lipinski definition) is 5. The number of sulfonamides is 1. The molecule has 176 valence electrons. The number of nitrogens with two attached hydrogens (primary N) is 1. The molecule has 0 unspecified atom stereocenters. The van der Waals surface area contributed by atoms with Crippen molar-refractivity contribution in [3.63, 3.8) is 0 Å². The van der Waals surface area contributed by atoms with Gasteiger partial charge in [-0.25, -0.2) is 13.6 Å². The van der Waals surface area contributed by atoms with Crippen LogP contribution >= 0.6 is 11.3 Å². The van der Waals surface area contributed by atoms with Crippen LogP contribution in [0.25, 0.3) is 10.2 Å². The van der Waals surface area contributed by atoms with E-state index in [1.807, 2.05) is 72.2 Å². The molecule has 0 saturated carbocycles. The summed E-state index contributed by atoms with van der Waals surface area (Å²) >= 11 is 1.25. The number of ether oxygens (including phenoxy) is 1. The van der Waals surface area contributed by atoms with Gasteiger partial charge in [0.2, 0.25) is 10.0 Å². The van der Waals surface area contributed by atoms with Crippen LogP contribution in [-0.4, -0.2) is 32.1 Å². The van der Waals surface area contributed by atoms with Gasteiger partial charge in [-0.3, -0.25) is 4.79 Å². The lowest BCUT2D eigenvalue weighted by Crippen LogP contribution is -2.22. The minimum Gasteiger partial charge on any atom is -0.380 e. The Labute approximate surface area is 202 Å². The zero-order valence-corrected chi connectivity index (χ0v) is 20.3. The molecule has 4 rings (SSSR count).